The Hall–Kier alpha value is -1.90. The lowest BCUT2D eigenvalue weighted by atomic mass is 9.95. The average Bonchev–Trinajstić information content (AvgIpc) is 2.73. The van der Waals surface area contributed by atoms with Gasteiger partial charge in [-0.3, -0.25) is 4.79 Å². The lowest BCUT2D eigenvalue weighted by Crippen LogP contribution is -2.29. The molecule has 0 N–H and O–H groups in total. The molecule has 0 bridgehead atoms. The van der Waals surface area contributed by atoms with Crippen molar-refractivity contribution in [3.8, 4) is 11.5 Å². The van der Waals surface area contributed by atoms with E-state index in [1.807, 2.05) is 32.9 Å². The Balaban J connectivity index is 2.15. The predicted molar refractivity (Wildman–Crippen MR) is 146 cm³/mol. The number of benzene rings is 2. The molecule has 1 aromatic heterocycles. The second-order valence-electron chi connectivity index (χ2n) is 10.2. The van der Waals surface area contributed by atoms with E-state index in [0.717, 1.165) is 4.47 Å². The highest BCUT2D eigenvalue weighted by atomic mass is 79.9. The molecular weight excluding hydrogens is 586 g/mol. The highest BCUT2D eigenvalue weighted by Gasteiger charge is 2.24. The van der Waals surface area contributed by atoms with Gasteiger partial charge in [0.25, 0.3) is 5.56 Å². The average molecular weight is 614 g/mol. The first-order valence-electron chi connectivity index (χ1n) is 10.7. The van der Waals surface area contributed by atoms with E-state index in [-0.39, 0.29) is 11.0 Å². The zero-order valence-corrected chi connectivity index (χ0v) is 24.2. The Morgan fingerprint density at radius 1 is 1.15 bits per heavy atom. The number of nitrogens with zero attached hydrogens (tertiary/aromatic N) is 3. The van der Waals surface area contributed by atoms with Crippen molar-refractivity contribution in [2.75, 3.05) is 13.7 Å². The van der Waals surface area contributed by atoms with Gasteiger partial charge in [-0.25, -0.2) is 4.98 Å². The second-order valence-corrected chi connectivity index (χ2v) is 12.3. The minimum absolute atomic E-state index is 0.0520. The molecule has 0 fully saturated rings. The second kappa shape index (κ2) is 9.99. The van der Waals surface area contributed by atoms with Gasteiger partial charge in [0.15, 0.2) is 11.5 Å². The molecule has 2 aromatic carbocycles. The summed E-state index contributed by atoms with van der Waals surface area (Å²) < 4.78 is 14.2. The fourth-order valence-electron chi connectivity index (χ4n) is 3.13. The van der Waals surface area contributed by atoms with E-state index in [1.54, 1.807) is 25.5 Å². The summed E-state index contributed by atoms with van der Waals surface area (Å²) in [6, 6.07) is 7.20. The van der Waals surface area contributed by atoms with Gasteiger partial charge in [-0.1, -0.05) is 69.1 Å². The first-order valence-corrected chi connectivity index (χ1v) is 12.7. The first kappa shape index (κ1) is 26.7. The quantitative estimate of drug-likeness (QED) is 0.286. The number of aromatic nitrogens is 2. The topological polar surface area (TPSA) is 65.7 Å². The Morgan fingerprint density at radius 2 is 1.82 bits per heavy atom. The van der Waals surface area contributed by atoms with Gasteiger partial charge < -0.3 is 9.47 Å². The molecule has 0 aliphatic carbocycles. The van der Waals surface area contributed by atoms with E-state index in [0.29, 0.717) is 49.9 Å². The molecule has 1 heterocycles. The molecule has 0 aliphatic heterocycles. The summed E-state index contributed by atoms with van der Waals surface area (Å²) in [5.41, 5.74) is 0.520. The van der Waals surface area contributed by atoms with Crippen molar-refractivity contribution in [1.82, 2.24) is 9.66 Å². The van der Waals surface area contributed by atoms with Crippen LogP contribution in [0.2, 0.25) is 5.02 Å². The summed E-state index contributed by atoms with van der Waals surface area (Å²) >= 11 is 13.6. The summed E-state index contributed by atoms with van der Waals surface area (Å²) in [6.45, 7) is 12.7. The van der Waals surface area contributed by atoms with E-state index in [1.165, 1.54) is 4.68 Å². The molecule has 0 amide bonds. The zero-order chi connectivity index (χ0) is 25.4. The monoisotopic (exact) mass is 611 g/mol. The van der Waals surface area contributed by atoms with E-state index >= 15 is 0 Å². The van der Waals surface area contributed by atoms with Crippen LogP contribution in [0.1, 0.15) is 52.9 Å². The standard InChI is InChI=1S/C25H28Br2ClN3O3/c1-24(2,3)13-34-21-18(33-7)10-14(19(27)20(21)28)12-29-31-22(32)16-11-15(26)8-9-17(16)30-23(31)25(4,5)6/h8-12H,13H2,1-7H3. The third-order valence-corrected chi connectivity index (χ3v) is 6.75. The number of hydrogen-bond donors (Lipinski definition) is 0. The molecule has 0 atom stereocenters. The van der Waals surface area contributed by atoms with Crippen molar-refractivity contribution in [2.24, 2.45) is 10.5 Å². The Morgan fingerprint density at radius 3 is 2.41 bits per heavy atom. The van der Waals surface area contributed by atoms with E-state index in [2.05, 4.69) is 57.7 Å². The van der Waals surface area contributed by atoms with Crippen LogP contribution in [0.3, 0.4) is 0 Å². The van der Waals surface area contributed by atoms with Crippen LogP contribution < -0.4 is 15.0 Å². The van der Waals surface area contributed by atoms with Gasteiger partial charge in [0, 0.05) is 19.9 Å². The van der Waals surface area contributed by atoms with Crippen LogP contribution in [0.25, 0.3) is 10.9 Å². The maximum absolute atomic E-state index is 13.4. The molecule has 34 heavy (non-hydrogen) atoms. The van der Waals surface area contributed by atoms with Crippen molar-refractivity contribution in [2.45, 2.75) is 47.0 Å². The van der Waals surface area contributed by atoms with Gasteiger partial charge in [-0.05, 0) is 45.6 Å². The molecule has 182 valence electrons. The molecular formula is C25H28Br2ClN3O3. The molecule has 6 nitrogen and oxygen atoms in total. The van der Waals surface area contributed by atoms with E-state index in [4.69, 9.17) is 26.1 Å². The largest absolute Gasteiger partial charge is 0.493 e. The lowest BCUT2D eigenvalue weighted by Gasteiger charge is -2.22. The number of methoxy groups -OCH3 is 1. The van der Waals surface area contributed by atoms with Crippen molar-refractivity contribution in [3.63, 3.8) is 0 Å². The van der Waals surface area contributed by atoms with Gasteiger partial charge in [0.05, 0.1) is 30.8 Å². The Kier molecular flexibility index (Phi) is 7.85. The van der Waals surface area contributed by atoms with Crippen molar-refractivity contribution < 1.29 is 9.47 Å². The third-order valence-electron chi connectivity index (χ3n) is 4.82. The summed E-state index contributed by atoms with van der Waals surface area (Å²) in [5, 5.41) is 5.37. The number of fused-ring (bicyclic) bond motifs is 1. The van der Waals surface area contributed by atoms with E-state index < -0.39 is 5.41 Å². The normalized spacial score (nSPS) is 12.5. The highest BCUT2D eigenvalue weighted by Crippen LogP contribution is 2.42. The van der Waals surface area contributed by atoms with Crippen LogP contribution in [-0.2, 0) is 5.41 Å². The predicted octanol–water partition coefficient (Wildman–Crippen LogP) is 7.19. The van der Waals surface area contributed by atoms with Gasteiger partial charge in [0.1, 0.15) is 10.8 Å². The highest BCUT2D eigenvalue weighted by molar-refractivity contribution is 9.10. The van der Waals surface area contributed by atoms with Gasteiger partial charge in [0.2, 0.25) is 0 Å². The van der Waals surface area contributed by atoms with Crippen LogP contribution in [0.15, 0.2) is 43.1 Å². The van der Waals surface area contributed by atoms with Gasteiger partial charge in [-0.15, -0.1) is 0 Å². The number of halogens is 3. The minimum atomic E-state index is -0.422. The maximum Gasteiger partial charge on any atom is 0.282 e. The first-order chi connectivity index (χ1) is 15.7. The summed E-state index contributed by atoms with van der Waals surface area (Å²) in [5.74, 6) is 1.47. The fourth-order valence-corrected chi connectivity index (χ4v) is 4.15. The van der Waals surface area contributed by atoms with Crippen molar-refractivity contribution in [1.29, 1.82) is 0 Å². The lowest BCUT2D eigenvalue weighted by molar-refractivity contribution is 0.191. The minimum Gasteiger partial charge on any atom is -0.493 e. The third kappa shape index (κ3) is 5.83. The molecule has 0 saturated carbocycles. The SMILES string of the molecule is COc1cc(C=Nn2c(C(C)(C)C)nc3ccc(Br)cc3c2=O)c(Br)c(Cl)c1OCC(C)(C)C. The Labute approximate surface area is 221 Å². The molecule has 0 spiro atoms. The molecule has 0 aliphatic rings. The number of rotatable bonds is 5. The fraction of sp³-hybridized carbons (Fsp3) is 0.400. The smallest absolute Gasteiger partial charge is 0.282 e. The number of ether oxygens (including phenoxy) is 2. The van der Waals surface area contributed by atoms with E-state index in [9.17, 15) is 4.79 Å². The molecule has 0 radical (unpaired) electrons. The van der Waals surface area contributed by atoms with Crippen molar-refractivity contribution in [3.05, 3.63) is 60.0 Å². The molecule has 0 unspecified atom stereocenters. The van der Waals surface area contributed by atoms with Crippen LogP contribution >= 0.6 is 43.5 Å². The Bertz CT molecular complexity index is 1320. The van der Waals surface area contributed by atoms with Gasteiger partial charge in [-0.2, -0.15) is 9.78 Å². The van der Waals surface area contributed by atoms with Crippen LogP contribution in [0, 0.1) is 5.41 Å². The van der Waals surface area contributed by atoms with Gasteiger partial charge >= 0.3 is 0 Å². The zero-order valence-electron chi connectivity index (χ0n) is 20.3. The summed E-state index contributed by atoms with van der Waals surface area (Å²) in [7, 11) is 1.55. The molecule has 3 aromatic rings. The van der Waals surface area contributed by atoms with Crippen LogP contribution in [-0.4, -0.2) is 29.6 Å². The number of hydrogen-bond acceptors (Lipinski definition) is 5. The van der Waals surface area contributed by atoms with Crippen LogP contribution in [0.5, 0.6) is 11.5 Å². The van der Waals surface area contributed by atoms with Crippen molar-refractivity contribution >= 4 is 60.6 Å². The molecule has 3 rings (SSSR count). The summed E-state index contributed by atoms with van der Waals surface area (Å²) in [6.07, 6.45) is 1.56. The van der Waals surface area contributed by atoms with Crippen LogP contribution in [0.4, 0.5) is 0 Å². The summed E-state index contributed by atoms with van der Waals surface area (Å²) in [4.78, 5) is 18.1. The maximum atomic E-state index is 13.4. The molecule has 9 heteroatoms. The molecule has 0 saturated heterocycles.